The van der Waals surface area contributed by atoms with Gasteiger partial charge in [0.05, 0.1) is 26.6 Å². The first-order chi connectivity index (χ1) is 12.7. The third-order valence-electron chi connectivity index (χ3n) is 3.72. The number of aromatic hydroxyl groups is 1. The zero-order valence-corrected chi connectivity index (χ0v) is 17.3. The van der Waals surface area contributed by atoms with Crippen LogP contribution in [0.2, 0.25) is 0 Å². The Kier molecular flexibility index (Phi) is 6.37. The second-order valence-electron chi connectivity index (χ2n) is 5.43. The van der Waals surface area contributed by atoms with Gasteiger partial charge >= 0.3 is 29.6 Å². The predicted molar refractivity (Wildman–Crippen MR) is 95.3 cm³/mol. The van der Waals surface area contributed by atoms with Crippen molar-refractivity contribution in [3.8, 4) is 5.75 Å². The summed E-state index contributed by atoms with van der Waals surface area (Å²) in [5.41, 5.74) is 5.85. The number of non-ortho nitro benzene ring substituents is 1. The minimum absolute atomic E-state index is 0. The quantitative estimate of drug-likeness (QED) is 0.156. The van der Waals surface area contributed by atoms with Crippen molar-refractivity contribution in [3.63, 3.8) is 0 Å². The molecule has 10 nitrogen and oxygen atoms in total. The Morgan fingerprint density at radius 3 is 2.29 bits per heavy atom. The molecule has 0 amide bonds. The van der Waals surface area contributed by atoms with Crippen molar-refractivity contribution >= 4 is 43.6 Å². The van der Waals surface area contributed by atoms with E-state index in [1.807, 2.05) is 0 Å². The number of fused-ring (bicyclic) bond motifs is 1. The molecule has 12 heteroatoms. The first-order valence-corrected chi connectivity index (χ1v) is 8.75. The molecule has 0 bridgehead atoms. The van der Waals surface area contributed by atoms with Gasteiger partial charge in [0.15, 0.2) is 0 Å². The third-order valence-corrected chi connectivity index (χ3v) is 4.60. The molecule has 0 aromatic heterocycles. The summed E-state index contributed by atoms with van der Waals surface area (Å²) < 4.78 is 34.7. The number of nitro benzene ring substituents is 1. The van der Waals surface area contributed by atoms with Gasteiger partial charge in [0, 0.05) is 17.5 Å². The fraction of sp³-hybridized carbons (Fsp3) is 0. The summed E-state index contributed by atoms with van der Waals surface area (Å²) in [5, 5.41) is 28.3. The van der Waals surface area contributed by atoms with E-state index in [2.05, 4.69) is 10.2 Å². The van der Waals surface area contributed by atoms with Gasteiger partial charge in [-0.25, -0.2) is 8.42 Å². The number of rotatable bonds is 4. The molecule has 0 spiro atoms. The van der Waals surface area contributed by atoms with Crippen LogP contribution in [0.5, 0.6) is 5.75 Å². The van der Waals surface area contributed by atoms with E-state index >= 15 is 0 Å². The summed E-state index contributed by atoms with van der Waals surface area (Å²) in [7, 11) is -4.88. The molecule has 0 heterocycles. The summed E-state index contributed by atoms with van der Waals surface area (Å²) in [4.78, 5) is 9.48. The summed E-state index contributed by atoms with van der Waals surface area (Å²) in [5.74, 6) is -0.317. The number of phenolic OH excluding ortho intramolecular Hbond substituents is 1. The molecular weight excluding hydrogens is 399 g/mol. The zero-order chi connectivity index (χ0) is 19.8. The van der Waals surface area contributed by atoms with Crippen LogP contribution in [0, 0.1) is 10.1 Å². The molecule has 3 aromatic carbocycles. The molecule has 0 saturated carbocycles. The maximum absolute atomic E-state index is 11.6. The molecule has 0 aliphatic heterocycles. The maximum atomic E-state index is 11.6. The van der Waals surface area contributed by atoms with E-state index in [0.29, 0.717) is 0 Å². The number of nitrogens with two attached hydrogens (primary N) is 1. The van der Waals surface area contributed by atoms with Gasteiger partial charge in [-0.15, -0.1) is 5.11 Å². The van der Waals surface area contributed by atoms with E-state index in [9.17, 15) is 28.2 Å². The number of nitro groups is 1. The van der Waals surface area contributed by atoms with E-state index in [1.165, 1.54) is 42.5 Å². The van der Waals surface area contributed by atoms with E-state index < -0.39 is 19.9 Å². The topological polar surface area (TPSA) is 171 Å². The van der Waals surface area contributed by atoms with Crippen LogP contribution in [0.3, 0.4) is 0 Å². The average Bonchev–Trinajstić information content (AvgIpc) is 2.60. The van der Waals surface area contributed by atoms with Gasteiger partial charge in [0.1, 0.15) is 21.6 Å². The fourth-order valence-electron chi connectivity index (χ4n) is 2.48. The first-order valence-electron chi connectivity index (χ1n) is 7.35. The van der Waals surface area contributed by atoms with Crippen molar-refractivity contribution in [1.82, 2.24) is 0 Å². The predicted octanol–water partition coefficient (Wildman–Crippen LogP) is 0.359. The fourth-order valence-corrected chi connectivity index (χ4v) is 3.17. The van der Waals surface area contributed by atoms with Crippen molar-refractivity contribution in [2.45, 2.75) is 4.90 Å². The van der Waals surface area contributed by atoms with Crippen LogP contribution in [0.25, 0.3) is 10.8 Å². The standard InChI is InChI=1S/C16H12N4O6S.Na/c17-16-12(19-18-9-4-6-10(7-5-9)20(22)23)8-14(27(24,25)26)11-2-1-3-13(21)15(11)16;/h1-8,21H,17H2,(H,24,25,26);/q;+1/p-1. The Morgan fingerprint density at radius 1 is 1.07 bits per heavy atom. The monoisotopic (exact) mass is 410 g/mol. The Hall–Kier alpha value is -2.57. The van der Waals surface area contributed by atoms with Crippen LogP contribution >= 0.6 is 0 Å². The molecule has 0 aliphatic rings. The molecule has 3 aromatic rings. The Labute approximate surface area is 180 Å². The van der Waals surface area contributed by atoms with Crippen molar-refractivity contribution in [2.75, 3.05) is 5.73 Å². The molecule has 138 valence electrons. The van der Waals surface area contributed by atoms with Gasteiger partial charge < -0.3 is 15.4 Å². The van der Waals surface area contributed by atoms with Crippen LogP contribution in [-0.2, 0) is 10.1 Å². The van der Waals surface area contributed by atoms with Gasteiger partial charge in [-0.3, -0.25) is 10.1 Å². The van der Waals surface area contributed by atoms with E-state index in [1.54, 1.807) is 0 Å². The van der Waals surface area contributed by atoms with Crippen LogP contribution in [-0.4, -0.2) is 23.0 Å². The van der Waals surface area contributed by atoms with Crippen molar-refractivity contribution < 1.29 is 52.6 Å². The Balaban J connectivity index is 0.00000280. The molecule has 28 heavy (non-hydrogen) atoms. The average molecular weight is 410 g/mol. The maximum Gasteiger partial charge on any atom is 1.00 e. The van der Waals surface area contributed by atoms with Crippen molar-refractivity contribution in [2.24, 2.45) is 10.2 Å². The number of azo groups is 1. The molecule has 0 aliphatic carbocycles. The summed E-state index contributed by atoms with van der Waals surface area (Å²) in [6, 6.07) is 10.1. The van der Waals surface area contributed by atoms with Crippen molar-refractivity contribution in [1.29, 1.82) is 0 Å². The molecule has 3 N–H and O–H groups in total. The second-order valence-corrected chi connectivity index (χ2v) is 6.78. The largest absolute Gasteiger partial charge is 1.00 e. The molecule has 0 fully saturated rings. The molecule has 0 atom stereocenters. The molecule has 0 saturated heterocycles. The molecular formula is C16H11N4NaO6S. The Bertz CT molecular complexity index is 1200. The van der Waals surface area contributed by atoms with E-state index in [4.69, 9.17) is 5.73 Å². The van der Waals surface area contributed by atoms with Gasteiger partial charge in [0.2, 0.25) is 0 Å². The van der Waals surface area contributed by atoms with Gasteiger partial charge in [-0.1, -0.05) is 12.1 Å². The number of phenols is 1. The normalized spacial score (nSPS) is 11.5. The number of hydrogen-bond acceptors (Lipinski definition) is 9. The second kappa shape index (κ2) is 8.20. The van der Waals surface area contributed by atoms with Crippen LogP contribution in [0.4, 0.5) is 22.7 Å². The van der Waals surface area contributed by atoms with E-state index in [-0.39, 0.29) is 68.8 Å². The molecule has 0 unspecified atom stereocenters. The summed E-state index contributed by atoms with van der Waals surface area (Å²) >= 11 is 0. The van der Waals surface area contributed by atoms with Gasteiger partial charge in [-0.05, 0) is 24.3 Å². The van der Waals surface area contributed by atoms with Crippen LogP contribution < -0.4 is 35.3 Å². The van der Waals surface area contributed by atoms with Gasteiger partial charge in [0.25, 0.3) is 5.69 Å². The summed E-state index contributed by atoms with van der Waals surface area (Å²) in [6.45, 7) is 0. The third kappa shape index (κ3) is 4.29. The van der Waals surface area contributed by atoms with Gasteiger partial charge in [-0.2, -0.15) is 5.11 Å². The minimum atomic E-state index is -4.88. The van der Waals surface area contributed by atoms with Crippen LogP contribution in [0.15, 0.2) is 63.7 Å². The number of nitrogen functional groups attached to an aromatic ring is 1. The first kappa shape index (κ1) is 21.7. The Morgan fingerprint density at radius 2 is 1.71 bits per heavy atom. The van der Waals surface area contributed by atoms with Crippen LogP contribution in [0.1, 0.15) is 0 Å². The number of benzene rings is 3. The number of anilines is 1. The minimum Gasteiger partial charge on any atom is -0.744 e. The summed E-state index contributed by atoms with van der Waals surface area (Å²) in [6.07, 6.45) is 0. The number of nitrogens with zero attached hydrogens (tertiary/aromatic N) is 3. The molecule has 3 rings (SSSR count). The van der Waals surface area contributed by atoms with Crippen molar-refractivity contribution in [3.05, 3.63) is 58.6 Å². The smallest absolute Gasteiger partial charge is 0.744 e. The molecule has 0 radical (unpaired) electrons. The van der Waals surface area contributed by atoms with E-state index in [0.717, 1.165) is 6.07 Å². The number of hydrogen-bond donors (Lipinski definition) is 2. The zero-order valence-electron chi connectivity index (χ0n) is 14.4. The SMILES string of the molecule is Nc1c(N=Nc2ccc([N+](=O)[O-])cc2)cc(S(=O)(=O)[O-])c2cccc(O)c12.[Na+].